The molecule has 0 aliphatic heterocycles. The molecule has 0 fully saturated rings. The van der Waals surface area contributed by atoms with Crippen LogP contribution in [0.25, 0.3) is 0 Å². The van der Waals surface area contributed by atoms with Crippen molar-refractivity contribution < 1.29 is 19.4 Å². The Kier molecular flexibility index (Phi) is 3.77. The van der Waals surface area contributed by atoms with E-state index in [-0.39, 0.29) is 22.9 Å². The smallest absolute Gasteiger partial charge is 0.339 e. The van der Waals surface area contributed by atoms with Crippen LogP contribution in [0, 0.1) is 11.3 Å². The zero-order valence-corrected chi connectivity index (χ0v) is 10.4. The van der Waals surface area contributed by atoms with Crippen LogP contribution in [0.15, 0.2) is 30.6 Å². The van der Waals surface area contributed by atoms with Gasteiger partial charge in [-0.25, -0.2) is 14.8 Å². The minimum atomic E-state index is -1.16. The molecular weight excluding hydrogens is 262 g/mol. The summed E-state index contributed by atoms with van der Waals surface area (Å²) in [5.41, 5.74) is -0.105. The molecule has 1 heterocycles. The third-order valence-corrected chi connectivity index (χ3v) is 2.40. The highest BCUT2D eigenvalue weighted by atomic mass is 16.5. The number of hydrogen-bond donors (Lipinski definition) is 1. The Morgan fingerprint density at radius 3 is 2.75 bits per heavy atom. The van der Waals surface area contributed by atoms with Crippen molar-refractivity contribution in [1.82, 2.24) is 9.97 Å². The van der Waals surface area contributed by atoms with Gasteiger partial charge in [0.2, 0.25) is 5.69 Å². The number of carboxylic acid groups (broad SMARTS) is 1. The number of nitrogens with zero attached hydrogens (tertiary/aromatic N) is 3. The fourth-order valence-electron chi connectivity index (χ4n) is 1.47. The number of carboxylic acids is 1. The fourth-order valence-corrected chi connectivity index (χ4v) is 1.47. The van der Waals surface area contributed by atoms with Gasteiger partial charge >= 0.3 is 5.97 Å². The molecule has 1 N–H and O–H groups in total. The van der Waals surface area contributed by atoms with E-state index in [0.717, 1.165) is 0 Å². The summed E-state index contributed by atoms with van der Waals surface area (Å²) in [5.74, 6) is -0.781. The van der Waals surface area contributed by atoms with Gasteiger partial charge in [-0.2, -0.15) is 5.26 Å². The number of aromatic nitrogens is 2. The van der Waals surface area contributed by atoms with Gasteiger partial charge in [0.25, 0.3) is 5.88 Å². The summed E-state index contributed by atoms with van der Waals surface area (Å²) >= 11 is 0. The second-order valence-electron chi connectivity index (χ2n) is 3.59. The lowest BCUT2D eigenvalue weighted by atomic mass is 10.2. The summed E-state index contributed by atoms with van der Waals surface area (Å²) in [4.78, 5) is 18.8. The van der Waals surface area contributed by atoms with Crippen LogP contribution in [0.5, 0.6) is 17.4 Å². The molecule has 7 heteroatoms. The molecule has 0 amide bonds. The van der Waals surface area contributed by atoms with Crippen LogP contribution in [0.3, 0.4) is 0 Å². The number of carbonyl (C=O) groups is 1. The van der Waals surface area contributed by atoms with Crippen LogP contribution < -0.4 is 9.47 Å². The Labute approximate surface area is 114 Å². The summed E-state index contributed by atoms with van der Waals surface area (Å²) in [6.45, 7) is 0. The summed E-state index contributed by atoms with van der Waals surface area (Å²) in [6.07, 6.45) is 2.69. The molecule has 0 aliphatic rings. The van der Waals surface area contributed by atoms with E-state index < -0.39 is 5.97 Å². The summed E-state index contributed by atoms with van der Waals surface area (Å²) in [5, 5.41) is 18.0. The third-order valence-electron chi connectivity index (χ3n) is 2.40. The van der Waals surface area contributed by atoms with Crippen molar-refractivity contribution in [3.63, 3.8) is 0 Å². The van der Waals surface area contributed by atoms with Crippen LogP contribution in [-0.4, -0.2) is 28.2 Å². The van der Waals surface area contributed by atoms with Gasteiger partial charge in [-0.15, -0.1) is 0 Å². The number of ether oxygens (including phenoxy) is 2. The Hall–Kier alpha value is -3.14. The summed E-state index contributed by atoms with van der Waals surface area (Å²) in [7, 11) is 1.45. The van der Waals surface area contributed by atoms with Crippen molar-refractivity contribution in [3.05, 3.63) is 41.9 Å². The number of benzene rings is 1. The monoisotopic (exact) mass is 271 g/mol. The first-order valence-electron chi connectivity index (χ1n) is 5.46. The first kappa shape index (κ1) is 13.3. The lowest BCUT2D eigenvalue weighted by Crippen LogP contribution is -2.02. The molecule has 2 aromatic rings. The molecule has 0 atom stereocenters. The number of hydrogen-bond acceptors (Lipinski definition) is 6. The Morgan fingerprint density at radius 1 is 1.35 bits per heavy atom. The van der Waals surface area contributed by atoms with E-state index in [1.54, 1.807) is 0 Å². The van der Waals surface area contributed by atoms with E-state index in [1.165, 1.54) is 37.7 Å². The van der Waals surface area contributed by atoms with Crippen LogP contribution in [0.1, 0.15) is 16.1 Å². The van der Waals surface area contributed by atoms with E-state index in [4.69, 9.17) is 19.8 Å². The van der Waals surface area contributed by atoms with Gasteiger partial charge in [0, 0.05) is 18.5 Å². The van der Waals surface area contributed by atoms with E-state index in [9.17, 15) is 4.79 Å². The predicted molar refractivity (Wildman–Crippen MR) is 66.8 cm³/mol. The highest BCUT2D eigenvalue weighted by Crippen LogP contribution is 2.29. The molecule has 100 valence electrons. The van der Waals surface area contributed by atoms with Gasteiger partial charge in [0.15, 0.2) is 0 Å². The molecule has 0 unspecified atom stereocenters. The van der Waals surface area contributed by atoms with Crippen molar-refractivity contribution in [1.29, 1.82) is 5.26 Å². The van der Waals surface area contributed by atoms with Gasteiger partial charge in [-0.3, -0.25) is 0 Å². The molecule has 0 bridgehead atoms. The molecule has 1 aromatic carbocycles. The third kappa shape index (κ3) is 2.64. The zero-order valence-electron chi connectivity index (χ0n) is 10.4. The molecule has 20 heavy (non-hydrogen) atoms. The molecule has 0 saturated heterocycles. The Bertz CT molecular complexity index is 694. The normalized spacial score (nSPS) is 9.60. The second kappa shape index (κ2) is 5.67. The van der Waals surface area contributed by atoms with Crippen molar-refractivity contribution in [2.45, 2.75) is 0 Å². The van der Waals surface area contributed by atoms with Crippen molar-refractivity contribution >= 4 is 5.97 Å². The maximum atomic E-state index is 11.1. The van der Waals surface area contributed by atoms with Crippen molar-refractivity contribution in [2.24, 2.45) is 0 Å². The fraction of sp³-hybridized carbons (Fsp3) is 0.0769. The average molecular weight is 271 g/mol. The van der Waals surface area contributed by atoms with Gasteiger partial charge < -0.3 is 14.6 Å². The van der Waals surface area contributed by atoms with Gasteiger partial charge in [0.05, 0.1) is 7.11 Å². The number of rotatable bonds is 4. The molecule has 0 radical (unpaired) electrons. The number of aromatic carboxylic acids is 1. The molecule has 2 rings (SSSR count). The molecule has 7 nitrogen and oxygen atoms in total. The predicted octanol–water partition coefficient (Wildman–Crippen LogP) is 1.85. The molecule has 0 saturated carbocycles. The first-order chi connectivity index (χ1) is 9.65. The summed E-state index contributed by atoms with van der Waals surface area (Å²) < 4.78 is 10.4. The quantitative estimate of drug-likeness (QED) is 0.904. The molecule has 0 spiro atoms. The van der Waals surface area contributed by atoms with Gasteiger partial charge in [0.1, 0.15) is 23.1 Å². The van der Waals surface area contributed by atoms with Gasteiger partial charge in [-0.05, 0) is 12.1 Å². The highest BCUT2D eigenvalue weighted by Gasteiger charge is 2.16. The van der Waals surface area contributed by atoms with Crippen LogP contribution in [0.4, 0.5) is 0 Å². The van der Waals surface area contributed by atoms with E-state index in [2.05, 4.69) is 9.97 Å². The minimum absolute atomic E-state index is 0.0221. The molecule has 1 aromatic heterocycles. The minimum Gasteiger partial charge on any atom is -0.497 e. The van der Waals surface area contributed by atoms with E-state index in [0.29, 0.717) is 5.75 Å². The van der Waals surface area contributed by atoms with Crippen LogP contribution in [0.2, 0.25) is 0 Å². The lowest BCUT2D eigenvalue weighted by molar-refractivity contribution is 0.0694. The maximum absolute atomic E-state index is 11.1. The topological polar surface area (TPSA) is 105 Å². The Balaban J connectivity index is 2.46. The highest BCUT2D eigenvalue weighted by molar-refractivity contribution is 5.91. The Morgan fingerprint density at radius 2 is 2.10 bits per heavy atom. The van der Waals surface area contributed by atoms with E-state index in [1.807, 2.05) is 6.07 Å². The molecule has 0 aliphatic carbocycles. The van der Waals surface area contributed by atoms with Crippen LogP contribution >= 0.6 is 0 Å². The van der Waals surface area contributed by atoms with Crippen LogP contribution in [-0.2, 0) is 0 Å². The lowest BCUT2D eigenvalue weighted by Gasteiger charge is -2.09. The van der Waals surface area contributed by atoms with Crippen molar-refractivity contribution in [3.8, 4) is 23.4 Å². The summed E-state index contributed by atoms with van der Waals surface area (Å²) in [6, 6.07) is 6.06. The zero-order chi connectivity index (χ0) is 14.5. The number of nitriles is 1. The standard InChI is InChI=1S/C13H9N3O4/c1-19-8-2-3-9(13(17)18)11(6-8)20-12-10(7-14)15-4-5-16-12/h2-6H,1H3,(H,17,18). The largest absolute Gasteiger partial charge is 0.497 e. The average Bonchev–Trinajstić information content (AvgIpc) is 2.47. The SMILES string of the molecule is COc1ccc(C(=O)O)c(Oc2nccnc2C#N)c1. The maximum Gasteiger partial charge on any atom is 0.339 e. The van der Waals surface area contributed by atoms with Gasteiger partial charge in [-0.1, -0.05) is 0 Å². The van der Waals surface area contributed by atoms with E-state index >= 15 is 0 Å². The van der Waals surface area contributed by atoms with Crippen molar-refractivity contribution in [2.75, 3.05) is 7.11 Å². The first-order valence-corrected chi connectivity index (χ1v) is 5.46. The number of methoxy groups -OCH3 is 1. The molecular formula is C13H9N3O4. The second-order valence-corrected chi connectivity index (χ2v) is 3.59.